The van der Waals surface area contributed by atoms with E-state index in [0.717, 1.165) is 11.2 Å². The summed E-state index contributed by atoms with van der Waals surface area (Å²) >= 11 is 0. The topological polar surface area (TPSA) is 79.5 Å². The van der Waals surface area contributed by atoms with Crippen LogP contribution in [0.25, 0.3) is 0 Å². The van der Waals surface area contributed by atoms with Crippen LogP contribution < -0.4 is 0 Å². The molecule has 6 nitrogen and oxygen atoms in total. The van der Waals surface area contributed by atoms with Crippen LogP contribution in [0.1, 0.15) is 42.6 Å². The van der Waals surface area contributed by atoms with Crippen LogP contribution in [0.15, 0.2) is 12.4 Å². The van der Waals surface area contributed by atoms with Gasteiger partial charge in [-0.15, -0.1) is 0 Å². The Hall–Kier alpha value is -2.11. The first-order valence-corrected chi connectivity index (χ1v) is 6.00. The molecule has 0 aliphatic carbocycles. The normalized spacial score (nSPS) is 19.0. The number of amides is 2. The summed E-state index contributed by atoms with van der Waals surface area (Å²) < 4.78 is 5.17. The van der Waals surface area contributed by atoms with Gasteiger partial charge in [0.05, 0.1) is 11.5 Å². The Bertz CT molecular complexity index is 527. The lowest BCUT2D eigenvalue weighted by atomic mass is 9.94. The molecule has 6 heteroatoms. The number of aldehydes is 1. The second-order valence-corrected chi connectivity index (χ2v) is 5.46. The van der Waals surface area contributed by atoms with Gasteiger partial charge in [-0.1, -0.05) is 0 Å². The molecule has 1 aromatic rings. The zero-order valence-electron chi connectivity index (χ0n) is 11.1. The van der Waals surface area contributed by atoms with Crippen molar-refractivity contribution in [1.29, 1.82) is 0 Å². The molecule has 0 radical (unpaired) electrons. The number of imide groups is 1. The van der Waals surface area contributed by atoms with Crippen LogP contribution in [0.3, 0.4) is 0 Å². The van der Waals surface area contributed by atoms with Crippen LogP contribution in [0, 0.1) is 0 Å². The van der Waals surface area contributed by atoms with Crippen molar-refractivity contribution in [3.05, 3.63) is 23.5 Å². The lowest BCUT2D eigenvalue weighted by molar-refractivity contribution is -0.109. The number of hydrogen-bond acceptors (Lipinski definition) is 4. The van der Waals surface area contributed by atoms with Crippen molar-refractivity contribution in [3.63, 3.8) is 0 Å². The van der Waals surface area contributed by atoms with E-state index in [1.54, 1.807) is 27.0 Å². The fourth-order valence-corrected chi connectivity index (χ4v) is 1.98. The smallest absolute Gasteiger partial charge is 0.417 e. The third-order valence-electron chi connectivity index (χ3n) is 2.81. The average Bonchev–Trinajstić information content (AvgIpc) is 2.76. The maximum Gasteiger partial charge on any atom is 0.417 e. The molecule has 1 N–H and O–H groups in total. The molecule has 102 valence electrons. The first kappa shape index (κ1) is 13.3. The third kappa shape index (κ3) is 2.52. The Labute approximate surface area is 110 Å². The molecule has 1 aromatic heterocycles. The van der Waals surface area contributed by atoms with Crippen LogP contribution in [0.5, 0.6) is 0 Å². The number of H-pyrrole nitrogens is 1. The standard InChI is InChI=1S/C13H16N2O4/c1-13(2,3)19-12(18)15-6-8(7-16)9-4-14-5-10(9)11(15)17/h4-5,7-8,14H,6H2,1-3H3. The number of aromatic nitrogens is 1. The lowest BCUT2D eigenvalue weighted by Crippen LogP contribution is -2.46. The summed E-state index contributed by atoms with van der Waals surface area (Å²) in [5, 5.41) is 0. The molecule has 2 amide bonds. The average molecular weight is 264 g/mol. The first-order valence-electron chi connectivity index (χ1n) is 6.00. The van der Waals surface area contributed by atoms with Crippen molar-refractivity contribution >= 4 is 18.3 Å². The summed E-state index contributed by atoms with van der Waals surface area (Å²) in [5.74, 6) is -0.949. The molecule has 1 aliphatic rings. The Kier molecular flexibility index (Phi) is 3.18. The van der Waals surface area contributed by atoms with E-state index in [1.165, 1.54) is 6.20 Å². The zero-order chi connectivity index (χ0) is 14.2. The molecule has 0 bridgehead atoms. The Balaban J connectivity index is 2.28. The van der Waals surface area contributed by atoms with Gasteiger partial charge in [-0.2, -0.15) is 0 Å². The molecule has 1 aliphatic heterocycles. The highest BCUT2D eigenvalue weighted by atomic mass is 16.6. The van der Waals surface area contributed by atoms with E-state index in [4.69, 9.17) is 4.74 Å². The van der Waals surface area contributed by atoms with E-state index in [9.17, 15) is 14.4 Å². The van der Waals surface area contributed by atoms with Crippen molar-refractivity contribution in [2.75, 3.05) is 6.54 Å². The molecule has 2 heterocycles. The summed E-state index contributed by atoms with van der Waals surface area (Å²) in [5.41, 5.74) is 0.279. The Morgan fingerprint density at radius 1 is 1.47 bits per heavy atom. The molecule has 0 fully saturated rings. The quantitative estimate of drug-likeness (QED) is 0.783. The molecule has 1 atom stereocenters. The SMILES string of the molecule is CC(C)(C)OC(=O)N1CC(C=O)c2c[nH]cc2C1=O. The number of nitrogens with one attached hydrogen (secondary N) is 1. The van der Waals surface area contributed by atoms with Crippen LogP contribution in [0.4, 0.5) is 4.79 Å². The van der Waals surface area contributed by atoms with Gasteiger partial charge in [0.25, 0.3) is 5.91 Å². The van der Waals surface area contributed by atoms with Gasteiger partial charge in [-0.3, -0.25) is 4.79 Å². The van der Waals surface area contributed by atoms with Crippen molar-refractivity contribution < 1.29 is 19.1 Å². The van der Waals surface area contributed by atoms with Gasteiger partial charge >= 0.3 is 6.09 Å². The maximum atomic E-state index is 12.2. The molecular weight excluding hydrogens is 248 g/mol. The Morgan fingerprint density at radius 3 is 2.74 bits per heavy atom. The van der Waals surface area contributed by atoms with Gasteiger partial charge in [-0.05, 0) is 26.3 Å². The molecule has 0 saturated heterocycles. The van der Waals surface area contributed by atoms with Gasteiger partial charge in [0.1, 0.15) is 11.9 Å². The summed E-state index contributed by atoms with van der Waals surface area (Å²) in [6, 6.07) is 0. The van der Waals surface area contributed by atoms with Crippen molar-refractivity contribution in [2.45, 2.75) is 32.3 Å². The molecule has 0 saturated carbocycles. The largest absolute Gasteiger partial charge is 0.443 e. The second kappa shape index (κ2) is 4.53. The number of rotatable bonds is 1. The lowest BCUT2D eigenvalue weighted by Gasteiger charge is -2.30. The number of nitrogens with zero attached hydrogens (tertiary/aromatic N) is 1. The van der Waals surface area contributed by atoms with Gasteiger partial charge in [0.2, 0.25) is 0 Å². The number of fused-ring (bicyclic) bond motifs is 1. The number of carbonyl (C=O) groups excluding carboxylic acids is 3. The monoisotopic (exact) mass is 264 g/mol. The molecule has 1 unspecified atom stereocenters. The summed E-state index contributed by atoms with van der Waals surface area (Å²) in [4.78, 5) is 39.0. The second-order valence-electron chi connectivity index (χ2n) is 5.46. The predicted octanol–water partition coefficient (Wildman–Crippen LogP) is 1.69. The fraction of sp³-hybridized carbons (Fsp3) is 0.462. The van der Waals surface area contributed by atoms with E-state index < -0.39 is 23.5 Å². The maximum absolute atomic E-state index is 12.2. The molecule has 0 aromatic carbocycles. The van der Waals surface area contributed by atoms with Gasteiger partial charge in [0.15, 0.2) is 0 Å². The summed E-state index contributed by atoms with van der Waals surface area (Å²) in [6.45, 7) is 5.18. The van der Waals surface area contributed by atoms with Crippen LogP contribution in [-0.2, 0) is 9.53 Å². The highest BCUT2D eigenvalue weighted by Crippen LogP contribution is 2.27. The van der Waals surface area contributed by atoms with Crippen LogP contribution in [-0.4, -0.2) is 40.3 Å². The minimum atomic E-state index is -0.726. The third-order valence-corrected chi connectivity index (χ3v) is 2.81. The van der Waals surface area contributed by atoms with E-state index >= 15 is 0 Å². The molecule has 0 spiro atoms. The fourth-order valence-electron chi connectivity index (χ4n) is 1.98. The van der Waals surface area contributed by atoms with E-state index in [2.05, 4.69) is 4.98 Å². The van der Waals surface area contributed by atoms with E-state index in [1.807, 2.05) is 0 Å². The number of hydrogen-bond donors (Lipinski definition) is 1. The summed E-state index contributed by atoms with van der Waals surface area (Å²) in [6.07, 6.45) is 3.11. The predicted molar refractivity (Wildman–Crippen MR) is 66.9 cm³/mol. The van der Waals surface area contributed by atoms with Crippen molar-refractivity contribution in [3.8, 4) is 0 Å². The van der Waals surface area contributed by atoms with Crippen LogP contribution >= 0.6 is 0 Å². The number of ether oxygens (including phenoxy) is 1. The number of aromatic amines is 1. The van der Waals surface area contributed by atoms with Gasteiger partial charge in [0, 0.05) is 18.9 Å². The van der Waals surface area contributed by atoms with E-state index in [0.29, 0.717) is 11.1 Å². The first-order chi connectivity index (χ1) is 8.83. The molecular formula is C13H16N2O4. The highest BCUT2D eigenvalue weighted by molar-refractivity contribution is 6.06. The van der Waals surface area contributed by atoms with E-state index in [-0.39, 0.29) is 6.54 Å². The minimum absolute atomic E-state index is 0.0160. The van der Waals surface area contributed by atoms with Gasteiger partial charge in [-0.25, -0.2) is 9.69 Å². The van der Waals surface area contributed by atoms with Crippen LogP contribution in [0.2, 0.25) is 0 Å². The Morgan fingerprint density at radius 2 is 2.16 bits per heavy atom. The molecule has 19 heavy (non-hydrogen) atoms. The van der Waals surface area contributed by atoms with Crippen molar-refractivity contribution in [2.24, 2.45) is 0 Å². The van der Waals surface area contributed by atoms with Crippen molar-refractivity contribution in [1.82, 2.24) is 9.88 Å². The minimum Gasteiger partial charge on any atom is -0.443 e. The summed E-state index contributed by atoms with van der Waals surface area (Å²) in [7, 11) is 0. The zero-order valence-corrected chi connectivity index (χ0v) is 11.1. The number of carbonyl (C=O) groups is 3. The van der Waals surface area contributed by atoms with Gasteiger partial charge < -0.3 is 14.5 Å². The highest BCUT2D eigenvalue weighted by Gasteiger charge is 2.37. The molecule has 2 rings (SSSR count).